The van der Waals surface area contributed by atoms with E-state index >= 15 is 0 Å². The van der Waals surface area contributed by atoms with E-state index in [1.165, 1.54) is 12.1 Å². The molecule has 0 bridgehead atoms. The van der Waals surface area contributed by atoms with Crippen LogP contribution in [0.2, 0.25) is 0 Å². The predicted octanol–water partition coefficient (Wildman–Crippen LogP) is 2.48. The lowest BCUT2D eigenvalue weighted by Crippen LogP contribution is -2.28. The molecule has 3 nitrogen and oxygen atoms in total. The number of rotatable bonds is 3. The Morgan fingerprint density at radius 1 is 1.69 bits per heavy atom. The van der Waals surface area contributed by atoms with E-state index in [0.29, 0.717) is 4.47 Å². The van der Waals surface area contributed by atoms with Gasteiger partial charge >= 0.3 is 0 Å². The van der Waals surface area contributed by atoms with Gasteiger partial charge in [0.05, 0.1) is 17.6 Å². The molecule has 0 aromatic heterocycles. The highest BCUT2D eigenvalue weighted by molar-refractivity contribution is 9.10. The molecule has 1 atom stereocenters. The molecule has 0 spiro atoms. The molecule has 0 heterocycles. The first-order valence-electron chi connectivity index (χ1n) is 4.67. The second-order valence-corrected chi connectivity index (χ2v) is 4.22. The number of nitrogens with zero attached hydrogens (tertiary/aromatic N) is 1. The monoisotopic (exact) mass is 284 g/mol. The number of amides is 1. The fourth-order valence-corrected chi connectivity index (χ4v) is 1.48. The van der Waals surface area contributed by atoms with E-state index in [4.69, 9.17) is 5.26 Å². The summed E-state index contributed by atoms with van der Waals surface area (Å²) in [6.45, 7) is 1.94. The molecule has 16 heavy (non-hydrogen) atoms. The fourth-order valence-electron chi connectivity index (χ4n) is 1.06. The topological polar surface area (TPSA) is 52.9 Å². The second kappa shape index (κ2) is 5.61. The smallest absolute Gasteiger partial charge is 0.252 e. The largest absolute Gasteiger partial charge is 0.351 e. The normalized spacial score (nSPS) is 11.6. The Bertz CT molecular complexity index is 442. The zero-order valence-corrected chi connectivity index (χ0v) is 10.2. The molecule has 0 aliphatic carbocycles. The van der Waals surface area contributed by atoms with Gasteiger partial charge in [-0.1, -0.05) is 0 Å². The highest BCUT2D eigenvalue weighted by Crippen LogP contribution is 2.17. The van der Waals surface area contributed by atoms with Crippen LogP contribution in [-0.2, 0) is 0 Å². The van der Waals surface area contributed by atoms with E-state index in [1.54, 1.807) is 6.92 Å². The molecule has 1 rings (SSSR count). The van der Waals surface area contributed by atoms with Gasteiger partial charge in [-0.25, -0.2) is 4.39 Å². The van der Waals surface area contributed by atoms with Crippen LogP contribution in [0, 0.1) is 23.1 Å². The number of nitriles is 1. The highest BCUT2D eigenvalue weighted by Gasteiger charge is 2.11. The summed E-state index contributed by atoms with van der Waals surface area (Å²) in [4.78, 5) is 11.6. The van der Waals surface area contributed by atoms with Crippen LogP contribution in [0.4, 0.5) is 4.39 Å². The summed E-state index contributed by atoms with van der Waals surface area (Å²) in [7, 11) is 0. The zero-order valence-electron chi connectivity index (χ0n) is 8.63. The van der Waals surface area contributed by atoms with Crippen molar-refractivity contribution < 1.29 is 9.18 Å². The molecule has 1 N–H and O–H groups in total. The average Bonchev–Trinajstić information content (AvgIpc) is 2.28. The van der Waals surface area contributed by atoms with Crippen molar-refractivity contribution in [2.75, 3.05) is 6.54 Å². The molecular formula is C11H10BrFN2O. The third-order valence-corrected chi connectivity index (χ3v) is 2.65. The lowest BCUT2D eigenvalue weighted by molar-refractivity contribution is 0.0949. The second-order valence-electron chi connectivity index (χ2n) is 3.36. The third kappa shape index (κ3) is 3.31. The summed E-state index contributed by atoms with van der Waals surface area (Å²) >= 11 is 3.16. The van der Waals surface area contributed by atoms with Crippen molar-refractivity contribution in [1.82, 2.24) is 5.32 Å². The first kappa shape index (κ1) is 12.7. The molecule has 5 heteroatoms. The van der Waals surface area contributed by atoms with E-state index < -0.39 is 11.7 Å². The van der Waals surface area contributed by atoms with Crippen LogP contribution in [0.15, 0.2) is 22.7 Å². The molecule has 1 aromatic rings. The molecule has 0 saturated carbocycles. The van der Waals surface area contributed by atoms with Crippen molar-refractivity contribution in [3.05, 3.63) is 34.1 Å². The summed E-state index contributed by atoms with van der Waals surface area (Å²) < 4.78 is 13.4. The molecule has 1 aromatic carbocycles. The van der Waals surface area contributed by atoms with Crippen LogP contribution in [0.3, 0.4) is 0 Å². The Labute approximate surface area is 101 Å². The van der Waals surface area contributed by atoms with Crippen molar-refractivity contribution >= 4 is 21.8 Å². The van der Waals surface area contributed by atoms with Gasteiger partial charge in [0.25, 0.3) is 5.91 Å². The number of carbonyl (C=O) groups excluding carboxylic acids is 1. The highest BCUT2D eigenvalue weighted by atomic mass is 79.9. The van der Waals surface area contributed by atoms with Gasteiger partial charge < -0.3 is 5.32 Å². The minimum atomic E-state index is -0.471. The maximum Gasteiger partial charge on any atom is 0.252 e. The number of benzene rings is 1. The summed E-state index contributed by atoms with van der Waals surface area (Å²) in [5.41, 5.74) is 0.227. The molecule has 1 unspecified atom stereocenters. The Morgan fingerprint density at radius 3 is 3.00 bits per heavy atom. The SMILES string of the molecule is CC(C#N)CNC(=O)c1cc(F)ccc1Br. The van der Waals surface area contributed by atoms with Gasteiger partial charge in [0.15, 0.2) is 0 Å². The standard InChI is InChI=1S/C11H10BrFN2O/c1-7(5-14)6-15-11(16)9-4-8(13)2-3-10(9)12/h2-4,7H,6H2,1H3,(H,15,16). The Kier molecular flexibility index (Phi) is 4.44. The van der Waals surface area contributed by atoms with Crippen LogP contribution in [-0.4, -0.2) is 12.5 Å². The van der Waals surface area contributed by atoms with Gasteiger partial charge in [0.2, 0.25) is 0 Å². The predicted molar refractivity (Wildman–Crippen MR) is 61.2 cm³/mol. The lowest BCUT2D eigenvalue weighted by Gasteiger charge is -2.07. The average molecular weight is 285 g/mol. The summed E-state index contributed by atoms with van der Waals surface area (Å²) in [6, 6.07) is 5.88. The number of hydrogen-bond acceptors (Lipinski definition) is 2. The van der Waals surface area contributed by atoms with Crippen LogP contribution in [0.5, 0.6) is 0 Å². The van der Waals surface area contributed by atoms with E-state index in [1.807, 2.05) is 6.07 Å². The van der Waals surface area contributed by atoms with Crippen molar-refractivity contribution in [2.45, 2.75) is 6.92 Å². The molecular weight excluding hydrogens is 275 g/mol. The molecule has 0 radical (unpaired) electrons. The van der Waals surface area contributed by atoms with Crippen LogP contribution in [0.1, 0.15) is 17.3 Å². The molecule has 84 valence electrons. The lowest BCUT2D eigenvalue weighted by atomic mass is 10.2. The van der Waals surface area contributed by atoms with E-state index in [-0.39, 0.29) is 18.0 Å². The minimum absolute atomic E-state index is 0.227. The van der Waals surface area contributed by atoms with Crippen molar-refractivity contribution in [2.24, 2.45) is 5.92 Å². The van der Waals surface area contributed by atoms with E-state index in [9.17, 15) is 9.18 Å². The van der Waals surface area contributed by atoms with Gasteiger partial charge in [-0.3, -0.25) is 4.79 Å². The van der Waals surface area contributed by atoms with Gasteiger partial charge in [0.1, 0.15) is 5.82 Å². The van der Waals surface area contributed by atoms with Crippen molar-refractivity contribution in [3.8, 4) is 6.07 Å². The summed E-state index contributed by atoms with van der Waals surface area (Å²) in [6.07, 6.45) is 0. The van der Waals surface area contributed by atoms with Gasteiger partial charge in [0, 0.05) is 11.0 Å². The third-order valence-electron chi connectivity index (χ3n) is 1.96. The van der Waals surface area contributed by atoms with Gasteiger partial charge in [-0.15, -0.1) is 0 Å². The number of nitrogens with one attached hydrogen (secondary N) is 1. The Morgan fingerprint density at radius 2 is 2.38 bits per heavy atom. The van der Waals surface area contributed by atoms with E-state index in [2.05, 4.69) is 21.2 Å². The quantitative estimate of drug-likeness (QED) is 0.927. The molecule has 0 aliphatic rings. The number of carbonyl (C=O) groups is 1. The van der Waals surface area contributed by atoms with Crippen LogP contribution in [0.25, 0.3) is 0 Å². The fraction of sp³-hybridized carbons (Fsp3) is 0.273. The first-order valence-corrected chi connectivity index (χ1v) is 5.46. The number of hydrogen-bond donors (Lipinski definition) is 1. The molecule has 0 aliphatic heterocycles. The Balaban J connectivity index is 2.74. The first-order chi connectivity index (χ1) is 7.54. The molecule has 0 fully saturated rings. The maximum atomic E-state index is 12.9. The number of halogens is 2. The maximum absolute atomic E-state index is 12.9. The summed E-state index contributed by atoms with van der Waals surface area (Å²) in [5, 5.41) is 11.1. The Hall–Kier alpha value is -1.41. The van der Waals surface area contributed by atoms with Gasteiger partial charge in [-0.2, -0.15) is 5.26 Å². The van der Waals surface area contributed by atoms with E-state index in [0.717, 1.165) is 6.07 Å². The minimum Gasteiger partial charge on any atom is -0.351 e. The van der Waals surface area contributed by atoms with Gasteiger partial charge in [-0.05, 0) is 41.1 Å². The van der Waals surface area contributed by atoms with Crippen LogP contribution >= 0.6 is 15.9 Å². The molecule has 1 amide bonds. The van der Waals surface area contributed by atoms with Crippen molar-refractivity contribution in [3.63, 3.8) is 0 Å². The zero-order chi connectivity index (χ0) is 12.1. The summed E-state index contributed by atoms with van der Waals surface area (Å²) in [5.74, 6) is -1.13. The molecule has 0 saturated heterocycles. The van der Waals surface area contributed by atoms with Crippen LogP contribution < -0.4 is 5.32 Å². The van der Waals surface area contributed by atoms with Crippen molar-refractivity contribution in [1.29, 1.82) is 5.26 Å².